The van der Waals surface area contributed by atoms with Crippen LogP contribution in [0.3, 0.4) is 0 Å². The van der Waals surface area contributed by atoms with E-state index < -0.39 is 0 Å². The van der Waals surface area contributed by atoms with Crippen molar-refractivity contribution in [3.05, 3.63) is 38.8 Å². The Labute approximate surface area is 127 Å². The van der Waals surface area contributed by atoms with Crippen molar-refractivity contribution in [1.82, 2.24) is 19.7 Å². The van der Waals surface area contributed by atoms with Crippen molar-refractivity contribution in [1.29, 1.82) is 0 Å². The lowest BCUT2D eigenvalue weighted by atomic mass is 10.2. The van der Waals surface area contributed by atoms with E-state index in [0.29, 0.717) is 11.0 Å². The predicted molar refractivity (Wildman–Crippen MR) is 80.3 cm³/mol. The third-order valence-corrected chi connectivity index (χ3v) is 4.22. The second-order valence-corrected chi connectivity index (χ2v) is 6.62. The van der Waals surface area contributed by atoms with E-state index in [1.165, 1.54) is 0 Å². The molecule has 96 valence electrons. The Bertz CT molecular complexity index is 678. The molecule has 19 heavy (non-hydrogen) atoms. The fraction of sp³-hybridized carbons (Fsp3) is 0.0833. The summed E-state index contributed by atoms with van der Waals surface area (Å²) in [7, 11) is 1.86. The second-order valence-electron chi connectivity index (χ2n) is 3.94. The minimum atomic E-state index is 0.422. The van der Waals surface area contributed by atoms with Gasteiger partial charge in [-0.15, -0.1) is 11.3 Å². The lowest BCUT2D eigenvalue weighted by Gasteiger charge is -2.01. The van der Waals surface area contributed by atoms with Crippen molar-refractivity contribution in [3.63, 3.8) is 0 Å². The van der Waals surface area contributed by atoms with Crippen LogP contribution in [0.15, 0.2) is 33.7 Å². The van der Waals surface area contributed by atoms with Crippen molar-refractivity contribution in [3.8, 4) is 22.6 Å². The highest BCUT2D eigenvalue weighted by Crippen LogP contribution is 2.29. The maximum atomic E-state index is 6.08. The lowest BCUT2D eigenvalue weighted by Crippen LogP contribution is -1.91. The molecule has 0 aliphatic heterocycles. The van der Waals surface area contributed by atoms with Crippen LogP contribution in [0.5, 0.6) is 0 Å². The number of aryl methyl sites for hydroxylation is 1. The van der Waals surface area contributed by atoms with Gasteiger partial charge in [0.25, 0.3) is 0 Å². The Hall–Kier alpha value is -1.24. The molecule has 0 fully saturated rings. The van der Waals surface area contributed by atoms with Crippen molar-refractivity contribution in [2.75, 3.05) is 0 Å². The Morgan fingerprint density at radius 3 is 2.74 bits per heavy atom. The summed E-state index contributed by atoms with van der Waals surface area (Å²) in [5.41, 5.74) is 2.64. The van der Waals surface area contributed by atoms with Crippen LogP contribution in [0.4, 0.5) is 0 Å². The van der Waals surface area contributed by atoms with Crippen molar-refractivity contribution >= 4 is 38.9 Å². The highest BCUT2D eigenvalue weighted by molar-refractivity contribution is 9.11. The normalized spacial score (nSPS) is 10.9. The first-order valence-corrected chi connectivity index (χ1v) is 7.45. The average molecular weight is 356 g/mol. The van der Waals surface area contributed by atoms with Gasteiger partial charge < -0.3 is 0 Å². The summed E-state index contributed by atoms with van der Waals surface area (Å²) in [6.07, 6.45) is 3.65. The monoisotopic (exact) mass is 354 g/mol. The van der Waals surface area contributed by atoms with E-state index >= 15 is 0 Å². The number of halogens is 2. The Balaban J connectivity index is 2.10. The number of aromatic nitrogens is 4. The number of nitrogens with zero attached hydrogens (tertiary/aromatic N) is 4. The second kappa shape index (κ2) is 5.03. The molecule has 3 aromatic heterocycles. The fourth-order valence-electron chi connectivity index (χ4n) is 1.68. The van der Waals surface area contributed by atoms with Gasteiger partial charge in [-0.2, -0.15) is 5.10 Å². The maximum Gasteiger partial charge on any atom is 0.162 e. The molecule has 3 aromatic rings. The van der Waals surface area contributed by atoms with Gasteiger partial charge in [-0.1, -0.05) is 11.6 Å². The van der Waals surface area contributed by atoms with E-state index in [0.717, 1.165) is 20.6 Å². The molecule has 0 saturated heterocycles. The van der Waals surface area contributed by atoms with E-state index in [1.54, 1.807) is 28.3 Å². The fourth-order valence-corrected chi connectivity index (χ4v) is 2.99. The number of hydrogen-bond acceptors (Lipinski definition) is 4. The Morgan fingerprint density at radius 2 is 2.11 bits per heavy atom. The lowest BCUT2D eigenvalue weighted by molar-refractivity contribution is 0.768. The number of hydrogen-bond donors (Lipinski definition) is 0. The molecular weight excluding hydrogens is 348 g/mol. The first-order chi connectivity index (χ1) is 9.11. The van der Waals surface area contributed by atoms with E-state index in [9.17, 15) is 0 Å². The third kappa shape index (κ3) is 2.70. The molecule has 0 saturated carbocycles. The molecule has 0 bridgehead atoms. The molecule has 7 heteroatoms. The molecule has 0 atom stereocenters. The topological polar surface area (TPSA) is 43.6 Å². The van der Waals surface area contributed by atoms with E-state index in [4.69, 9.17) is 11.6 Å². The molecule has 0 aliphatic rings. The molecule has 0 N–H and O–H groups in total. The number of thiophene rings is 1. The standard InChI is InChI=1S/C12H8BrClN4S/c1-18-5-8(4-15-18)9-3-11(14)17-12(16-9)7-2-10(13)19-6-7/h2-6H,1H3. The summed E-state index contributed by atoms with van der Waals surface area (Å²) in [4.78, 5) is 8.80. The Morgan fingerprint density at radius 1 is 1.26 bits per heavy atom. The largest absolute Gasteiger partial charge is 0.275 e. The van der Waals surface area contributed by atoms with Gasteiger partial charge in [0.05, 0.1) is 15.7 Å². The molecule has 0 aromatic carbocycles. The summed E-state index contributed by atoms with van der Waals surface area (Å²) in [5, 5.41) is 6.55. The van der Waals surface area contributed by atoms with Gasteiger partial charge in [0, 0.05) is 35.8 Å². The van der Waals surface area contributed by atoms with Gasteiger partial charge in [-0.3, -0.25) is 4.68 Å². The molecule has 0 unspecified atom stereocenters. The van der Waals surface area contributed by atoms with Crippen molar-refractivity contribution in [2.24, 2.45) is 7.05 Å². The zero-order valence-electron chi connectivity index (χ0n) is 9.84. The van der Waals surface area contributed by atoms with Crippen LogP contribution >= 0.6 is 38.9 Å². The minimum Gasteiger partial charge on any atom is -0.275 e. The van der Waals surface area contributed by atoms with Crippen LogP contribution < -0.4 is 0 Å². The van der Waals surface area contributed by atoms with Crippen molar-refractivity contribution in [2.45, 2.75) is 0 Å². The first kappa shape index (κ1) is 12.8. The molecule has 3 rings (SSSR count). The molecule has 0 radical (unpaired) electrons. The highest BCUT2D eigenvalue weighted by atomic mass is 79.9. The quantitative estimate of drug-likeness (QED) is 0.652. The predicted octanol–water partition coefficient (Wildman–Crippen LogP) is 4.02. The van der Waals surface area contributed by atoms with Crippen LogP contribution in [0.1, 0.15) is 0 Å². The van der Waals surface area contributed by atoms with Gasteiger partial charge in [-0.25, -0.2) is 9.97 Å². The van der Waals surface area contributed by atoms with Gasteiger partial charge in [-0.05, 0) is 22.0 Å². The zero-order chi connectivity index (χ0) is 13.4. The van der Waals surface area contributed by atoms with Crippen molar-refractivity contribution < 1.29 is 0 Å². The van der Waals surface area contributed by atoms with Crippen LogP contribution in [-0.4, -0.2) is 19.7 Å². The van der Waals surface area contributed by atoms with E-state index in [2.05, 4.69) is 31.0 Å². The van der Waals surface area contributed by atoms with Crippen LogP contribution in [0, 0.1) is 0 Å². The summed E-state index contributed by atoms with van der Waals surface area (Å²) >= 11 is 11.1. The Kier molecular flexibility index (Phi) is 3.38. The van der Waals surface area contributed by atoms with Crippen LogP contribution in [-0.2, 0) is 7.05 Å². The highest BCUT2D eigenvalue weighted by Gasteiger charge is 2.10. The SMILES string of the molecule is Cn1cc(-c2cc(Cl)nc(-c3csc(Br)c3)n2)cn1. The van der Waals surface area contributed by atoms with Gasteiger partial charge in [0.1, 0.15) is 5.15 Å². The summed E-state index contributed by atoms with van der Waals surface area (Å²) in [6.45, 7) is 0. The van der Waals surface area contributed by atoms with Gasteiger partial charge >= 0.3 is 0 Å². The minimum absolute atomic E-state index is 0.422. The zero-order valence-corrected chi connectivity index (χ0v) is 13.0. The molecule has 0 aliphatic carbocycles. The summed E-state index contributed by atoms with van der Waals surface area (Å²) < 4.78 is 2.76. The smallest absolute Gasteiger partial charge is 0.162 e. The molecular formula is C12H8BrClN4S. The summed E-state index contributed by atoms with van der Waals surface area (Å²) in [5.74, 6) is 0.619. The first-order valence-electron chi connectivity index (χ1n) is 5.40. The molecule has 4 nitrogen and oxygen atoms in total. The molecule has 0 spiro atoms. The van der Waals surface area contributed by atoms with Crippen LogP contribution in [0.25, 0.3) is 22.6 Å². The van der Waals surface area contributed by atoms with Gasteiger partial charge in [0.15, 0.2) is 5.82 Å². The number of rotatable bonds is 2. The molecule has 3 heterocycles. The van der Waals surface area contributed by atoms with E-state index in [-0.39, 0.29) is 0 Å². The molecule has 0 amide bonds. The summed E-state index contributed by atoms with van der Waals surface area (Å²) in [6, 6.07) is 3.72. The van der Waals surface area contributed by atoms with E-state index in [1.807, 2.05) is 24.7 Å². The van der Waals surface area contributed by atoms with Crippen LogP contribution in [0.2, 0.25) is 5.15 Å². The third-order valence-electron chi connectivity index (χ3n) is 2.52. The average Bonchev–Trinajstić information content (AvgIpc) is 2.97. The maximum absolute atomic E-state index is 6.08. The van der Waals surface area contributed by atoms with Gasteiger partial charge in [0.2, 0.25) is 0 Å².